The van der Waals surface area contributed by atoms with Crippen molar-refractivity contribution in [3.05, 3.63) is 58.8 Å². The highest BCUT2D eigenvalue weighted by atomic mass is 35.5. The molecular weight excluding hydrogens is 473 g/mol. The van der Waals surface area contributed by atoms with Gasteiger partial charge in [0, 0.05) is 24.6 Å². The maximum atomic E-state index is 13.1. The number of alkyl halides is 3. The van der Waals surface area contributed by atoms with Gasteiger partial charge in [0.1, 0.15) is 11.3 Å². The van der Waals surface area contributed by atoms with Crippen molar-refractivity contribution in [3.63, 3.8) is 0 Å². The number of hydrogen-bond donors (Lipinski definition) is 1. The predicted molar refractivity (Wildman–Crippen MR) is 121 cm³/mol. The van der Waals surface area contributed by atoms with Gasteiger partial charge in [0.25, 0.3) is 5.88 Å². The fraction of sp³-hybridized carbons (Fsp3) is 0.348. The number of benzene rings is 1. The van der Waals surface area contributed by atoms with Gasteiger partial charge in [-0.2, -0.15) is 13.2 Å². The molecule has 0 saturated carbocycles. The molecule has 2 unspecified atom stereocenters. The summed E-state index contributed by atoms with van der Waals surface area (Å²) in [6.07, 6.45) is 0.449. The molecule has 1 aromatic carbocycles. The van der Waals surface area contributed by atoms with Gasteiger partial charge in [-0.15, -0.1) is 0 Å². The number of allylic oxidation sites excluding steroid dienone is 2. The minimum Gasteiger partial charge on any atom is -0.487 e. The molecule has 11 heteroatoms. The molecule has 1 aliphatic heterocycles. The van der Waals surface area contributed by atoms with Crippen LogP contribution in [0.1, 0.15) is 24.6 Å². The topological polar surface area (TPSA) is 81.8 Å². The van der Waals surface area contributed by atoms with Gasteiger partial charge in [-0.05, 0) is 31.0 Å². The van der Waals surface area contributed by atoms with E-state index in [-0.39, 0.29) is 23.1 Å². The summed E-state index contributed by atoms with van der Waals surface area (Å²) >= 11 is 6.63. The second-order valence-electron chi connectivity index (χ2n) is 7.79. The van der Waals surface area contributed by atoms with Crippen molar-refractivity contribution in [2.45, 2.75) is 25.1 Å². The summed E-state index contributed by atoms with van der Waals surface area (Å²) in [5.41, 5.74) is -1.48. The maximum absolute atomic E-state index is 13.1. The SMILES string of the molecule is CCOc1c(OC)nc2ccc(C(O)(c3cncn3C)C3C=NC(C(F)(F)F)=CC3)cc2c1Cl. The molecule has 0 saturated heterocycles. The molecule has 180 valence electrons. The molecule has 1 N–H and O–H groups in total. The van der Waals surface area contributed by atoms with E-state index in [2.05, 4.69) is 15.0 Å². The van der Waals surface area contributed by atoms with Gasteiger partial charge < -0.3 is 19.1 Å². The van der Waals surface area contributed by atoms with Crippen molar-refractivity contribution >= 4 is 28.7 Å². The van der Waals surface area contributed by atoms with Crippen LogP contribution in [0.3, 0.4) is 0 Å². The number of rotatable bonds is 6. The third-order valence-corrected chi connectivity index (χ3v) is 6.14. The summed E-state index contributed by atoms with van der Waals surface area (Å²) in [5, 5.41) is 12.8. The zero-order chi connectivity index (χ0) is 24.7. The van der Waals surface area contributed by atoms with Crippen LogP contribution in [0.25, 0.3) is 10.9 Å². The Hall–Kier alpha value is -3.11. The molecule has 1 aliphatic rings. The number of methoxy groups -OCH3 is 1. The summed E-state index contributed by atoms with van der Waals surface area (Å²) in [4.78, 5) is 12.1. The van der Waals surface area contributed by atoms with Crippen LogP contribution in [0, 0.1) is 5.92 Å². The van der Waals surface area contributed by atoms with E-state index in [1.165, 1.54) is 19.6 Å². The van der Waals surface area contributed by atoms with Crippen molar-refractivity contribution in [1.29, 1.82) is 0 Å². The highest BCUT2D eigenvalue weighted by Crippen LogP contribution is 2.44. The Balaban J connectivity index is 1.89. The van der Waals surface area contributed by atoms with E-state index in [9.17, 15) is 18.3 Å². The lowest BCUT2D eigenvalue weighted by atomic mass is 9.76. The Bertz CT molecular complexity index is 1290. The number of ether oxygens (including phenoxy) is 2. The van der Waals surface area contributed by atoms with Gasteiger partial charge in [-0.1, -0.05) is 23.7 Å². The third kappa shape index (κ3) is 4.01. The summed E-state index contributed by atoms with van der Waals surface area (Å²) in [6.45, 7) is 2.12. The van der Waals surface area contributed by atoms with Crippen molar-refractivity contribution in [2.24, 2.45) is 18.0 Å². The van der Waals surface area contributed by atoms with Gasteiger partial charge in [-0.25, -0.2) is 9.97 Å². The molecular formula is C23H22ClF3N4O3. The minimum absolute atomic E-state index is 0.0865. The number of aryl methyl sites for hydroxylation is 1. The zero-order valence-corrected chi connectivity index (χ0v) is 19.4. The number of nitrogens with zero attached hydrogens (tertiary/aromatic N) is 4. The van der Waals surface area contributed by atoms with Crippen LogP contribution in [0.15, 0.2) is 47.5 Å². The summed E-state index contributed by atoms with van der Waals surface area (Å²) in [6, 6.07) is 4.96. The van der Waals surface area contributed by atoms with Crippen LogP contribution in [0.2, 0.25) is 5.02 Å². The first kappa shape index (κ1) is 24.0. The first-order chi connectivity index (χ1) is 16.1. The number of aromatic nitrogens is 3. The number of imidazole rings is 1. The summed E-state index contributed by atoms with van der Waals surface area (Å²) in [5.74, 6) is -0.321. The normalized spacial score (nSPS) is 18.0. The first-order valence-corrected chi connectivity index (χ1v) is 10.8. The van der Waals surface area contributed by atoms with E-state index in [1.54, 1.807) is 36.7 Å². The Morgan fingerprint density at radius 3 is 2.62 bits per heavy atom. The van der Waals surface area contributed by atoms with E-state index < -0.39 is 23.4 Å². The summed E-state index contributed by atoms with van der Waals surface area (Å²) in [7, 11) is 3.14. The second-order valence-corrected chi connectivity index (χ2v) is 8.17. The lowest BCUT2D eigenvalue weighted by Crippen LogP contribution is -2.40. The van der Waals surface area contributed by atoms with Gasteiger partial charge in [0.05, 0.1) is 42.5 Å². The number of fused-ring (bicyclic) bond motifs is 1. The number of halogens is 4. The van der Waals surface area contributed by atoms with Crippen LogP contribution in [-0.2, 0) is 12.6 Å². The van der Waals surface area contributed by atoms with Crippen LogP contribution >= 0.6 is 11.6 Å². The molecule has 0 amide bonds. The van der Waals surface area contributed by atoms with Gasteiger partial charge in [0.15, 0.2) is 0 Å². The van der Waals surface area contributed by atoms with Crippen LogP contribution in [-0.4, -0.2) is 45.7 Å². The van der Waals surface area contributed by atoms with Gasteiger partial charge in [0.2, 0.25) is 5.75 Å². The van der Waals surface area contributed by atoms with Crippen LogP contribution in [0.4, 0.5) is 13.2 Å². The Labute approximate surface area is 198 Å². The highest BCUT2D eigenvalue weighted by molar-refractivity contribution is 6.37. The quantitative estimate of drug-likeness (QED) is 0.532. The van der Waals surface area contributed by atoms with Crippen molar-refractivity contribution in [3.8, 4) is 11.6 Å². The molecule has 0 fully saturated rings. The molecule has 34 heavy (non-hydrogen) atoms. The summed E-state index contributed by atoms with van der Waals surface area (Å²) < 4.78 is 51.8. The molecule has 2 aromatic heterocycles. The van der Waals surface area contributed by atoms with Gasteiger partial charge >= 0.3 is 6.18 Å². The van der Waals surface area contributed by atoms with Crippen molar-refractivity contribution in [1.82, 2.24) is 14.5 Å². The molecule has 3 aromatic rings. The first-order valence-electron chi connectivity index (χ1n) is 10.4. The van der Waals surface area contributed by atoms with E-state index >= 15 is 0 Å². The number of pyridine rings is 1. The van der Waals surface area contributed by atoms with Gasteiger partial charge in [-0.3, -0.25) is 4.99 Å². The number of aliphatic hydroxyl groups is 1. The Morgan fingerprint density at radius 2 is 2.06 bits per heavy atom. The van der Waals surface area contributed by atoms with E-state index in [0.717, 1.165) is 12.3 Å². The largest absolute Gasteiger partial charge is 0.487 e. The second kappa shape index (κ2) is 8.92. The standard InChI is InChI=1S/C23H22ClF3N4O3/c1-4-34-20-19(24)15-9-13(5-7-16(15)30-21(20)33-3)22(32,18-11-28-12-31(18)2)14-6-8-17(29-10-14)23(25,26)27/h5,7-12,14,32H,4,6H2,1-3H3. The monoisotopic (exact) mass is 494 g/mol. The average Bonchev–Trinajstić information content (AvgIpc) is 3.26. The molecule has 7 nitrogen and oxygen atoms in total. The predicted octanol–water partition coefficient (Wildman–Crippen LogP) is 4.80. The molecule has 2 atom stereocenters. The van der Waals surface area contributed by atoms with Crippen LogP contribution in [0.5, 0.6) is 11.6 Å². The minimum atomic E-state index is -4.57. The Kier molecular flexibility index (Phi) is 6.30. The third-order valence-electron chi connectivity index (χ3n) is 5.76. The smallest absolute Gasteiger partial charge is 0.432 e. The molecule has 3 heterocycles. The zero-order valence-electron chi connectivity index (χ0n) is 18.6. The fourth-order valence-electron chi connectivity index (χ4n) is 4.10. The molecule has 0 radical (unpaired) electrons. The van der Waals surface area contributed by atoms with Crippen LogP contribution < -0.4 is 9.47 Å². The molecule has 4 rings (SSSR count). The maximum Gasteiger partial charge on any atom is 0.432 e. The number of aliphatic imine (C=N–C) groups is 1. The molecule has 0 spiro atoms. The lowest BCUT2D eigenvalue weighted by Gasteiger charge is -2.36. The highest BCUT2D eigenvalue weighted by Gasteiger charge is 2.44. The van der Waals surface area contributed by atoms with Crippen molar-refractivity contribution in [2.75, 3.05) is 13.7 Å². The van der Waals surface area contributed by atoms with E-state index in [0.29, 0.717) is 28.8 Å². The van der Waals surface area contributed by atoms with E-state index in [1.807, 2.05) is 0 Å². The van der Waals surface area contributed by atoms with E-state index in [4.69, 9.17) is 21.1 Å². The number of hydrogen-bond acceptors (Lipinski definition) is 6. The average molecular weight is 495 g/mol. The lowest BCUT2D eigenvalue weighted by molar-refractivity contribution is -0.0932. The van der Waals surface area contributed by atoms with Crippen molar-refractivity contribution < 1.29 is 27.8 Å². The Morgan fingerprint density at radius 1 is 1.29 bits per heavy atom. The molecule has 0 aliphatic carbocycles. The fourth-order valence-corrected chi connectivity index (χ4v) is 4.38. The molecule has 0 bridgehead atoms.